The molecule has 1 amide bonds. The van der Waals surface area contributed by atoms with Gasteiger partial charge in [-0.15, -0.1) is 11.3 Å². The lowest BCUT2D eigenvalue weighted by Gasteiger charge is -2.07. The molecule has 0 fully saturated rings. The number of anilines is 1. The van der Waals surface area contributed by atoms with Crippen LogP contribution in [-0.2, 0) is 22.5 Å². The number of nitrogens with zero attached hydrogens (tertiary/aromatic N) is 2. The topological polar surface area (TPSA) is 63.6 Å². The van der Waals surface area contributed by atoms with Crippen LogP contribution in [0.1, 0.15) is 35.1 Å². The van der Waals surface area contributed by atoms with Crippen molar-refractivity contribution in [3.63, 3.8) is 0 Å². The lowest BCUT2D eigenvalue weighted by atomic mass is 10.0. The predicted octanol–water partition coefficient (Wildman–Crippen LogP) is 3.09. The van der Waals surface area contributed by atoms with Crippen molar-refractivity contribution in [2.75, 3.05) is 5.32 Å². The third kappa shape index (κ3) is 2.50. The quantitative estimate of drug-likeness (QED) is 0.947. The van der Waals surface area contributed by atoms with Crippen LogP contribution in [-0.4, -0.2) is 16.6 Å². The summed E-state index contributed by atoms with van der Waals surface area (Å²) in [5, 5.41) is 7.44. The Bertz CT molecular complexity index is 718. The minimum atomic E-state index is -0.217. The van der Waals surface area contributed by atoms with Crippen molar-refractivity contribution in [3.8, 4) is 0 Å². The number of hydrogen-bond donors (Lipinski definition) is 1. The summed E-state index contributed by atoms with van der Waals surface area (Å²) < 4.78 is 0. The first-order chi connectivity index (χ1) is 10.8. The molecular weight excluding hydrogens is 298 g/mol. The monoisotopic (exact) mass is 313 g/mol. The van der Waals surface area contributed by atoms with Crippen molar-refractivity contribution < 1.29 is 9.63 Å². The standard InChI is InChI=1S/C16H15N3O2S/c20-15(18-16-17-11-7-4-8-14(11)22-16)12-9-13(21-19-12)10-5-2-1-3-6-10/h1-3,5-6,13H,4,7-9H2,(H,17,18,20)/t13-/m0/s1. The first-order valence-corrected chi connectivity index (χ1v) is 8.19. The molecule has 1 aliphatic heterocycles. The molecule has 0 radical (unpaired) electrons. The van der Waals surface area contributed by atoms with Crippen LogP contribution in [0.15, 0.2) is 35.5 Å². The minimum Gasteiger partial charge on any atom is -0.387 e. The second kappa shape index (κ2) is 5.53. The molecule has 112 valence electrons. The average molecular weight is 313 g/mol. The number of carbonyl (C=O) groups excluding carboxylic acids is 1. The van der Waals surface area contributed by atoms with E-state index >= 15 is 0 Å². The molecule has 1 aliphatic carbocycles. The summed E-state index contributed by atoms with van der Waals surface area (Å²) in [6.45, 7) is 0. The van der Waals surface area contributed by atoms with E-state index in [1.165, 1.54) is 11.3 Å². The highest BCUT2D eigenvalue weighted by Crippen LogP contribution is 2.31. The van der Waals surface area contributed by atoms with Crippen LogP contribution in [0.3, 0.4) is 0 Å². The molecule has 1 aromatic carbocycles. The number of oxime groups is 1. The van der Waals surface area contributed by atoms with Crippen molar-refractivity contribution >= 4 is 28.1 Å². The van der Waals surface area contributed by atoms with Crippen molar-refractivity contribution in [1.82, 2.24) is 4.98 Å². The van der Waals surface area contributed by atoms with Crippen LogP contribution in [0, 0.1) is 0 Å². The van der Waals surface area contributed by atoms with Gasteiger partial charge in [0.15, 0.2) is 11.2 Å². The van der Waals surface area contributed by atoms with Crippen molar-refractivity contribution in [1.29, 1.82) is 0 Å². The highest BCUT2D eigenvalue weighted by Gasteiger charge is 2.28. The number of fused-ring (bicyclic) bond motifs is 1. The molecule has 4 rings (SSSR count). The van der Waals surface area contributed by atoms with E-state index in [1.807, 2.05) is 30.3 Å². The summed E-state index contributed by atoms with van der Waals surface area (Å²) in [6, 6.07) is 9.81. The molecule has 2 heterocycles. The summed E-state index contributed by atoms with van der Waals surface area (Å²) in [5.74, 6) is -0.217. The summed E-state index contributed by atoms with van der Waals surface area (Å²) in [7, 11) is 0. The van der Waals surface area contributed by atoms with Crippen LogP contribution >= 0.6 is 11.3 Å². The molecule has 0 saturated carbocycles. The van der Waals surface area contributed by atoms with Crippen LogP contribution in [0.5, 0.6) is 0 Å². The number of carbonyl (C=O) groups is 1. The lowest BCUT2D eigenvalue weighted by molar-refractivity contribution is -0.110. The highest BCUT2D eigenvalue weighted by atomic mass is 32.1. The van der Waals surface area contributed by atoms with E-state index in [4.69, 9.17) is 4.84 Å². The Balaban J connectivity index is 1.41. The molecule has 0 spiro atoms. The first-order valence-electron chi connectivity index (χ1n) is 7.37. The number of benzene rings is 1. The van der Waals surface area contributed by atoms with E-state index in [1.54, 1.807) is 11.3 Å². The van der Waals surface area contributed by atoms with Gasteiger partial charge in [-0.1, -0.05) is 35.5 Å². The number of rotatable bonds is 3. The van der Waals surface area contributed by atoms with Crippen LogP contribution in [0.4, 0.5) is 5.13 Å². The Hall–Kier alpha value is -2.21. The largest absolute Gasteiger partial charge is 0.387 e. The zero-order valence-corrected chi connectivity index (χ0v) is 12.7. The van der Waals surface area contributed by atoms with Gasteiger partial charge in [-0.2, -0.15) is 0 Å². The van der Waals surface area contributed by atoms with Gasteiger partial charge in [0.05, 0.1) is 5.69 Å². The molecule has 0 bridgehead atoms. The highest BCUT2D eigenvalue weighted by molar-refractivity contribution is 7.16. The normalized spacial score (nSPS) is 19.5. The van der Waals surface area contributed by atoms with E-state index in [-0.39, 0.29) is 12.0 Å². The fraction of sp³-hybridized carbons (Fsp3) is 0.312. The van der Waals surface area contributed by atoms with Gasteiger partial charge in [-0.25, -0.2) is 4.98 Å². The first kappa shape index (κ1) is 13.5. The smallest absolute Gasteiger partial charge is 0.275 e. The van der Waals surface area contributed by atoms with Crippen molar-refractivity contribution in [2.45, 2.75) is 31.8 Å². The fourth-order valence-electron chi connectivity index (χ4n) is 2.77. The van der Waals surface area contributed by atoms with Crippen LogP contribution < -0.4 is 5.32 Å². The van der Waals surface area contributed by atoms with E-state index < -0.39 is 0 Å². The Morgan fingerprint density at radius 3 is 2.95 bits per heavy atom. The third-order valence-corrected chi connectivity index (χ3v) is 4.99. The van der Waals surface area contributed by atoms with E-state index in [0.29, 0.717) is 17.3 Å². The number of aryl methyl sites for hydroxylation is 2. The average Bonchev–Trinajstić information content (AvgIpc) is 3.23. The lowest BCUT2D eigenvalue weighted by Crippen LogP contribution is -2.21. The number of hydrogen-bond acceptors (Lipinski definition) is 5. The molecule has 2 aliphatic rings. The predicted molar refractivity (Wildman–Crippen MR) is 85.1 cm³/mol. The Morgan fingerprint density at radius 1 is 1.27 bits per heavy atom. The molecule has 0 saturated heterocycles. The summed E-state index contributed by atoms with van der Waals surface area (Å²) in [6.07, 6.45) is 3.57. The maximum Gasteiger partial charge on any atom is 0.275 e. The minimum absolute atomic E-state index is 0.178. The number of aromatic nitrogens is 1. The number of amides is 1. The summed E-state index contributed by atoms with van der Waals surface area (Å²) in [5.41, 5.74) is 2.58. The number of thiazole rings is 1. The van der Waals surface area contributed by atoms with Gasteiger partial charge < -0.3 is 4.84 Å². The Morgan fingerprint density at radius 2 is 2.14 bits per heavy atom. The Kier molecular flexibility index (Phi) is 3.38. The SMILES string of the molecule is O=C(Nc1nc2c(s1)CCC2)C1=NO[C@H](c2ccccc2)C1. The van der Waals surface area contributed by atoms with Crippen molar-refractivity contribution in [2.24, 2.45) is 5.16 Å². The number of nitrogens with one attached hydrogen (secondary N) is 1. The summed E-state index contributed by atoms with van der Waals surface area (Å²) >= 11 is 1.57. The van der Waals surface area contributed by atoms with Gasteiger partial charge in [0.2, 0.25) is 0 Å². The maximum atomic E-state index is 12.3. The van der Waals surface area contributed by atoms with Gasteiger partial charge in [0.1, 0.15) is 5.71 Å². The maximum absolute atomic E-state index is 12.3. The molecule has 5 nitrogen and oxygen atoms in total. The zero-order chi connectivity index (χ0) is 14.9. The van der Waals surface area contributed by atoms with E-state index in [2.05, 4.69) is 15.5 Å². The Labute approximate surface area is 132 Å². The van der Waals surface area contributed by atoms with Crippen molar-refractivity contribution in [3.05, 3.63) is 46.5 Å². The van der Waals surface area contributed by atoms with Gasteiger partial charge in [-0.05, 0) is 24.8 Å². The van der Waals surface area contributed by atoms with Crippen LogP contribution in [0.25, 0.3) is 0 Å². The van der Waals surface area contributed by atoms with Gasteiger partial charge in [0.25, 0.3) is 5.91 Å². The fourth-order valence-corrected chi connectivity index (χ4v) is 3.82. The van der Waals surface area contributed by atoms with Gasteiger partial charge >= 0.3 is 0 Å². The molecule has 2 aromatic rings. The molecule has 1 aromatic heterocycles. The molecule has 1 N–H and O–H groups in total. The second-order valence-electron chi connectivity index (χ2n) is 5.44. The summed E-state index contributed by atoms with van der Waals surface area (Å²) in [4.78, 5) is 23.4. The second-order valence-corrected chi connectivity index (χ2v) is 6.53. The molecular formula is C16H15N3O2S. The van der Waals surface area contributed by atoms with Crippen LogP contribution in [0.2, 0.25) is 0 Å². The molecule has 22 heavy (non-hydrogen) atoms. The van der Waals surface area contributed by atoms with E-state index in [0.717, 1.165) is 24.1 Å². The van der Waals surface area contributed by atoms with Gasteiger partial charge in [-0.3, -0.25) is 10.1 Å². The molecule has 1 atom stereocenters. The van der Waals surface area contributed by atoms with E-state index in [9.17, 15) is 4.79 Å². The molecule has 6 heteroatoms. The third-order valence-electron chi connectivity index (χ3n) is 3.92. The van der Waals surface area contributed by atoms with Gasteiger partial charge in [0, 0.05) is 11.3 Å². The molecule has 0 unspecified atom stereocenters. The zero-order valence-electron chi connectivity index (χ0n) is 11.9.